The van der Waals surface area contributed by atoms with E-state index in [1.807, 2.05) is 5.32 Å². The Balaban J connectivity index is 1.83. The standard InChI is InChI=1S/C22H16F6N4O4/c1-10(22(26,27)28)36-17-9-15(32-21(35)31-7-3-6-16(33)19(31)30-32)14(25)8-11(17)20(34)29-18-12(23)4-2-5-13(18)24/h2,4-6,8-10,33H,3,7H2,1H3,(H,29,34)/t10-/m0/s1. The van der Waals surface area contributed by atoms with Crippen molar-refractivity contribution in [1.29, 1.82) is 0 Å². The second-order valence-corrected chi connectivity index (χ2v) is 7.70. The number of amides is 1. The van der Waals surface area contributed by atoms with Gasteiger partial charge in [-0.25, -0.2) is 18.0 Å². The predicted octanol–water partition coefficient (Wildman–Crippen LogP) is 4.34. The number of aliphatic hydroxyl groups excluding tert-OH is 1. The van der Waals surface area contributed by atoms with Crippen LogP contribution in [0.4, 0.5) is 32.0 Å². The fourth-order valence-corrected chi connectivity index (χ4v) is 3.40. The van der Waals surface area contributed by atoms with Gasteiger partial charge in [0.15, 0.2) is 17.7 Å². The summed E-state index contributed by atoms with van der Waals surface area (Å²) in [6.07, 6.45) is -5.75. The van der Waals surface area contributed by atoms with E-state index < -0.39 is 64.0 Å². The molecule has 0 bridgehead atoms. The van der Waals surface area contributed by atoms with Crippen LogP contribution in [0.15, 0.2) is 41.2 Å². The number of aromatic nitrogens is 3. The quantitative estimate of drug-likeness (QED) is 0.494. The number of anilines is 1. The van der Waals surface area contributed by atoms with Crippen LogP contribution in [-0.4, -0.2) is 37.6 Å². The SMILES string of the molecule is C[C@H](Oc1cc(-n2nc3n(c2=O)CCC=C3O)c(F)cc1C(=O)Nc1c(F)cccc1F)C(F)(F)F. The molecule has 0 radical (unpaired) electrons. The number of carbonyl (C=O) groups is 1. The van der Waals surface area contributed by atoms with Crippen LogP contribution in [0.1, 0.15) is 29.5 Å². The molecule has 14 heteroatoms. The predicted molar refractivity (Wildman–Crippen MR) is 113 cm³/mol. The van der Waals surface area contributed by atoms with E-state index in [9.17, 15) is 36.6 Å². The highest BCUT2D eigenvalue weighted by molar-refractivity contribution is 6.06. The molecule has 0 fully saturated rings. The fourth-order valence-electron chi connectivity index (χ4n) is 3.40. The molecule has 1 aromatic heterocycles. The lowest BCUT2D eigenvalue weighted by Gasteiger charge is -2.20. The molecule has 1 atom stereocenters. The maximum Gasteiger partial charge on any atom is 0.425 e. The second-order valence-electron chi connectivity index (χ2n) is 7.70. The molecule has 0 saturated carbocycles. The minimum Gasteiger partial charge on any atom is -0.504 e. The first-order valence-electron chi connectivity index (χ1n) is 10.3. The highest BCUT2D eigenvalue weighted by atomic mass is 19.4. The number of halogens is 6. The normalized spacial score (nSPS) is 14.1. The molecule has 190 valence electrons. The monoisotopic (exact) mass is 514 g/mol. The molecule has 0 saturated heterocycles. The van der Waals surface area contributed by atoms with Crippen molar-refractivity contribution in [2.45, 2.75) is 32.2 Å². The second kappa shape index (κ2) is 9.09. The van der Waals surface area contributed by atoms with Crippen LogP contribution < -0.4 is 15.7 Å². The van der Waals surface area contributed by atoms with E-state index in [0.29, 0.717) is 23.7 Å². The molecule has 2 N–H and O–H groups in total. The van der Waals surface area contributed by atoms with Gasteiger partial charge in [-0.15, -0.1) is 5.10 Å². The lowest BCUT2D eigenvalue weighted by Crippen LogP contribution is -2.32. The molecule has 8 nitrogen and oxygen atoms in total. The van der Waals surface area contributed by atoms with E-state index in [1.165, 1.54) is 6.08 Å². The lowest BCUT2D eigenvalue weighted by atomic mass is 10.1. The smallest absolute Gasteiger partial charge is 0.425 e. The van der Waals surface area contributed by atoms with Crippen LogP contribution in [0.25, 0.3) is 11.4 Å². The van der Waals surface area contributed by atoms with E-state index in [-0.39, 0.29) is 24.5 Å². The summed E-state index contributed by atoms with van der Waals surface area (Å²) in [6, 6.07) is 3.74. The molecule has 1 amide bonds. The number of nitrogens with one attached hydrogen (secondary N) is 1. The molecule has 0 spiro atoms. The van der Waals surface area contributed by atoms with Crippen molar-refractivity contribution >= 4 is 17.4 Å². The molecule has 3 aromatic rings. The first-order valence-corrected chi connectivity index (χ1v) is 10.3. The van der Waals surface area contributed by atoms with Crippen LogP contribution in [0.2, 0.25) is 0 Å². The number of ether oxygens (including phenoxy) is 1. The molecule has 36 heavy (non-hydrogen) atoms. The van der Waals surface area contributed by atoms with Gasteiger partial charge >= 0.3 is 11.9 Å². The van der Waals surface area contributed by atoms with Gasteiger partial charge in [0.05, 0.1) is 5.56 Å². The van der Waals surface area contributed by atoms with E-state index in [0.717, 1.165) is 22.8 Å². The number of alkyl halides is 3. The number of hydrogen-bond acceptors (Lipinski definition) is 5. The van der Waals surface area contributed by atoms with Crippen LogP contribution in [0.5, 0.6) is 5.75 Å². The average molecular weight is 514 g/mol. The summed E-state index contributed by atoms with van der Waals surface area (Å²) in [4.78, 5) is 25.5. The van der Waals surface area contributed by atoms with Crippen molar-refractivity contribution in [3.63, 3.8) is 0 Å². The summed E-state index contributed by atoms with van der Waals surface area (Å²) in [5.41, 5.74) is -3.35. The summed E-state index contributed by atoms with van der Waals surface area (Å²) >= 11 is 0. The van der Waals surface area contributed by atoms with Gasteiger partial charge in [-0.05, 0) is 37.6 Å². The Morgan fingerprint density at radius 2 is 1.83 bits per heavy atom. The molecular weight excluding hydrogens is 498 g/mol. The molecule has 0 unspecified atom stereocenters. The Morgan fingerprint density at radius 1 is 1.17 bits per heavy atom. The van der Waals surface area contributed by atoms with Crippen molar-refractivity contribution in [2.75, 3.05) is 5.32 Å². The lowest BCUT2D eigenvalue weighted by molar-refractivity contribution is -0.189. The summed E-state index contributed by atoms with van der Waals surface area (Å²) in [5.74, 6) is -6.45. The Bertz CT molecular complexity index is 1420. The van der Waals surface area contributed by atoms with Crippen LogP contribution >= 0.6 is 0 Å². The van der Waals surface area contributed by atoms with Crippen LogP contribution in [0, 0.1) is 17.5 Å². The van der Waals surface area contributed by atoms with Crippen molar-refractivity contribution in [3.8, 4) is 11.4 Å². The summed E-state index contributed by atoms with van der Waals surface area (Å²) in [6.45, 7) is 0.717. The van der Waals surface area contributed by atoms with Crippen molar-refractivity contribution in [3.05, 3.63) is 75.7 Å². The number of allylic oxidation sites excluding steroid dienone is 1. The van der Waals surface area contributed by atoms with E-state index >= 15 is 4.39 Å². The number of para-hydroxylation sites is 1. The largest absolute Gasteiger partial charge is 0.504 e. The fraction of sp³-hybridized carbons (Fsp3) is 0.227. The van der Waals surface area contributed by atoms with Gasteiger partial charge in [-0.2, -0.15) is 17.9 Å². The number of benzene rings is 2. The maximum absolute atomic E-state index is 15.1. The zero-order valence-electron chi connectivity index (χ0n) is 18.2. The highest BCUT2D eigenvalue weighted by Gasteiger charge is 2.39. The number of aliphatic hydroxyl groups is 1. The molecule has 0 aliphatic carbocycles. The first kappa shape index (κ1) is 24.9. The van der Waals surface area contributed by atoms with Gasteiger partial charge < -0.3 is 15.2 Å². The number of hydrogen-bond donors (Lipinski definition) is 2. The zero-order valence-corrected chi connectivity index (χ0v) is 18.2. The van der Waals surface area contributed by atoms with Crippen LogP contribution in [-0.2, 0) is 6.54 Å². The maximum atomic E-state index is 15.1. The minimum atomic E-state index is -4.90. The van der Waals surface area contributed by atoms with Gasteiger partial charge in [0.2, 0.25) is 0 Å². The first-order chi connectivity index (χ1) is 16.9. The Kier molecular flexibility index (Phi) is 6.28. The molecular formula is C22H16F6N4O4. The van der Waals surface area contributed by atoms with E-state index in [1.54, 1.807) is 0 Å². The van der Waals surface area contributed by atoms with Gasteiger partial charge in [-0.3, -0.25) is 9.36 Å². The summed E-state index contributed by atoms with van der Waals surface area (Å²) in [7, 11) is 0. The Morgan fingerprint density at radius 3 is 2.44 bits per heavy atom. The van der Waals surface area contributed by atoms with Gasteiger partial charge in [-0.1, -0.05) is 6.07 Å². The van der Waals surface area contributed by atoms with Gasteiger partial charge in [0, 0.05) is 12.6 Å². The third kappa shape index (κ3) is 4.53. The zero-order chi connectivity index (χ0) is 26.4. The molecule has 2 heterocycles. The number of fused-ring (bicyclic) bond motifs is 1. The minimum absolute atomic E-state index is 0.100. The van der Waals surface area contributed by atoms with Gasteiger partial charge in [0.25, 0.3) is 5.91 Å². The highest BCUT2D eigenvalue weighted by Crippen LogP contribution is 2.31. The number of nitrogens with zero attached hydrogens (tertiary/aromatic N) is 3. The van der Waals surface area contributed by atoms with Crippen LogP contribution in [0.3, 0.4) is 0 Å². The molecule has 2 aromatic carbocycles. The third-order valence-corrected chi connectivity index (χ3v) is 5.27. The Hall–Kier alpha value is -4.23. The number of rotatable bonds is 5. The van der Waals surface area contributed by atoms with E-state index in [4.69, 9.17) is 4.74 Å². The average Bonchev–Trinajstić information content (AvgIpc) is 3.14. The van der Waals surface area contributed by atoms with Crippen molar-refractivity contribution in [2.24, 2.45) is 0 Å². The van der Waals surface area contributed by atoms with Crippen molar-refractivity contribution < 1.29 is 41.0 Å². The summed E-state index contributed by atoms with van der Waals surface area (Å²) in [5, 5.41) is 15.6. The van der Waals surface area contributed by atoms with E-state index in [2.05, 4.69) is 5.10 Å². The number of carbonyl (C=O) groups excluding carboxylic acids is 1. The summed E-state index contributed by atoms with van der Waals surface area (Å²) < 4.78 is 88.9. The van der Waals surface area contributed by atoms with Crippen molar-refractivity contribution in [1.82, 2.24) is 14.3 Å². The molecule has 1 aliphatic rings. The third-order valence-electron chi connectivity index (χ3n) is 5.27. The molecule has 1 aliphatic heterocycles. The Labute approximate surface area is 198 Å². The van der Waals surface area contributed by atoms with Gasteiger partial charge in [0.1, 0.15) is 34.6 Å². The topological polar surface area (TPSA) is 98.4 Å². The molecule has 4 rings (SSSR count).